The zero-order valence-corrected chi connectivity index (χ0v) is 13.7. The summed E-state index contributed by atoms with van der Waals surface area (Å²) in [6, 6.07) is 5.16. The minimum Gasteiger partial charge on any atom is -0.480 e. The lowest BCUT2D eigenvalue weighted by molar-refractivity contribution is -0.135. The first-order valence-corrected chi connectivity index (χ1v) is 8.33. The average Bonchev–Trinajstić information content (AvgIpc) is 2.44. The topological polar surface area (TPSA) is 133 Å². The van der Waals surface area contributed by atoms with Crippen molar-refractivity contribution in [3.05, 3.63) is 29.8 Å². The van der Waals surface area contributed by atoms with Gasteiger partial charge in [0.25, 0.3) is 15.9 Å². The lowest BCUT2D eigenvalue weighted by Gasteiger charge is -2.28. The van der Waals surface area contributed by atoms with Crippen molar-refractivity contribution in [1.82, 2.24) is 5.32 Å². The van der Waals surface area contributed by atoms with Crippen LogP contribution in [0.15, 0.2) is 29.3 Å². The second-order valence-electron chi connectivity index (χ2n) is 5.21. The standard InChI is InChI=1S/C14H15N3O6S/c1-8-3-5-10(6-4-8)17(7-11(18)19)24(22,23)12-9(2)15-14(21)16-13(12)20/h3-6,12H,7H2,1-2H3,(H,18,19)(H,16,20,21). The number of nitrogens with one attached hydrogen (secondary N) is 1. The predicted molar refractivity (Wildman–Crippen MR) is 85.5 cm³/mol. The lowest BCUT2D eigenvalue weighted by atomic mass is 10.2. The molecule has 0 bridgehead atoms. The summed E-state index contributed by atoms with van der Waals surface area (Å²) in [4.78, 5) is 37.7. The summed E-state index contributed by atoms with van der Waals surface area (Å²) in [6.45, 7) is 2.15. The number of anilines is 1. The number of amides is 3. The van der Waals surface area contributed by atoms with Crippen LogP contribution in [0.2, 0.25) is 0 Å². The number of aryl methyl sites for hydroxylation is 1. The van der Waals surface area contributed by atoms with Crippen LogP contribution < -0.4 is 9.62 Å². The van der Waals surface area contributed by atoms with E-state index in [0.717, 1.165) is 5.56 Å². The van der Waals surface area contributed by atoms with Gasteiger partial charge in [0.05, 0.1) is 11.4 Å². The molecule has 128 valence electrons. The minimum atomic E-state index is -4.45. The van der Waals surface area contributed by atoms with E-state index in [1.807, 2.05) is 5.32 Å². The van der Waals surface area contributed by atoms with E-state index in [4.69, 9.17) is 5.11 Å². The molecule has 3 amide bonds. The van der Waals surface area contributed by atoms with Gasteiger partial charge in [0.2, 0.25) is 0 Å². The van der Waals surface area contributed by atoms with Crippen LogP contribution in [0.3, 0.4) is 0 Å². The molecular formula is C14H15N3O6S. The van der Waals surface area contributed by atoms with E-state index in [9.17, 15) is 22.8 Å². The second kappa shape index (κ2) is 6.40. The Kier molecular flexibility index (Phi) is 4.69. The smallest absolute Gasteiger partial charge is 0.347 e. The number of rotatable bonds is 5. The van der Waals surface area contributed by atoms with Crippen molar-refractivity contribution in [3.8, 4) is 0 Å². The molecule has 0 saturated heterocycles. The van der Waals surface area contributed by atoms with Crippen molar-refractivity contribution >= 4 is 39.3 Å². The molecule has 9 nitrogen and oxygen atoms in total. The van der Waals surface area contributed by atoms with Gasteiger partial charge < -0.3 is 5.11 Å². The van der Waals surface area contributed by atoms with E-state index in [-0.39, 0.29) is 11.4 Å². The van der Waals surface area contributed by atoms with E-state index in [0.29, 0.717) is 4.31 Å². The Hall–Kier alpha value is -2.75. The van der Waals surface area contributed by atoms with Crippen LogP contribution in [0.5, 0.6) is 0 Å². The fourth-order valence-corrected chi connectivity index (χ4v) is 4.02. The Morgan fingerprint density at radius 1 is 1.25 bits per heavy atom. The van der Waals surface area contributed by atoms with Gasteiger partial charge in [0.1, 0.15) is 6.54 Å². The highest BCUT2D eigenvalue weighted by molar-refractivity contribution is 7.95. The zero-order chi connectivity index (χ0) is 18.1. The number of imide groups is 1. The number of hydrogen-bond donors (Lipinski definition) is 2. The molecule has 2 rings (SSSR count). The molecule has 0 spiro atoms. The van der Waals surface area contributed by atoms with E-state index in [2.05, 4.69) is 4.99 Å². The molecule has 1 heterocycles. The highest BCUT2D eigenvalue weighted by atomic mass is 32.2. The quantitative estimate of drug-likeness (QED) is 0.782. The van der Waals surface area contributed by atoms with E-state index < -0.39 is 39.7 Å². The van der Waals surface area contributed by atoms with Gasteiger partial charge in [-0.15, -0.1) is 0 Å². The molecule has 1 aliphatic heterocycles. The first-order chi connectivity index (χ1) is 11.1. The summed E-state index contributed by atoms with van der Waals surface area (Å²) in [5.41, 5.74) is 0.733. The maximum atomic E-state index is 12.8. The van der Waals surface area contributed by atoms with Gasteiger partial charge in [0, 0.05) is 0 Å². The number of carbonyl (C=O) groups is 3. The number of hydrogen-bond acceptors (Lipinski definition) is 5. The molecule has 0 radical (unpaired) electrons. The fraction of sp³-hybridized carbons (Fsp3) is 0.286. The molecule has 1 aromatic carbocycles. The third kappa shape index (κ3) is 3.43. The summed E-state index contributed by atoms with van der Waals surface area (Å²) in [5, 5.41) is 9.09. The van der Waals surface area contributed by atoms with Crippen LogP contribution in [0, 0.1) is 6.92 Å². The van der Waals surface area contributed by atoms with Crippen molar-refractivity contribution in [1.29, 1.82) is 0 Å². The van der Waals surface area contributed by atoms with Crippen molar-refractivity contribution in [3.63, 3.8) is 0 Å². The summed E-state index contributed by atoms with van der Waals surface area (Å²) < 4.78 is 26.3. The molecule has 2 N–H and O–H groups in total. The van der Waals surface area contributed by atoms with Gasteiger partial charge in [-0.1, -0.05) is 17.7 Å². The molecule has 24 heavy (non-hydrogen) atoms. The van der Waals surface area contributed by atoms with Crippen molar-refractivity contribution in [2.45, 2.75) is 19.1 Å². The fourth-order valence-electron chi connectivity index (χ4n) is 2.25. The molecule has 0 fully saturated rings. The largest absolute Gasteiger partial charge is 0.480 e. The normalized spacial score (nSPS) is 17.9. The summed E-state index contributed by atoms with van der Waals surface area (Å²) in [5.74, 6) is -2.45. The van der Waals surface area contributed by atoms with Gasteiger partial charge >= 0.3 is 12.0 Å². The minimum absolute atomic E-state index is 0.0977. The highest BCUT2D eigenvalue weighted by Crippen LogP contribution is 2.23. The Balaban J connectivity index is 2.53. The van der Waals surface area contributed by atoms with Crippen LogP contribution in [0.1, 0.15) is 12.5 Å². The Labute approximate surface area is 138 Å². The number of carbonyl (C=O) groups excluding carboxylic acids is 2. The molecule has 0 aliphatic carbocycles. The lowest BCUT2D eigenvalue weighted by Crippen LogP contribution is -2.55. The number of nitrogens with zero attached hydrogens (tertiary/aromatic N) is 2. The monoisotopic (exact) mass is 353 g/mol. The third-order valence-corrected chi connectivity index (χ3v) is 5.44. The second-order valence-corrected chi connectivity index (χ2v) is 7.15. The summed E-state index contributed by atoms with van der Waals surface area (Å²) >= 11 is 0. The SMILES string of the molecule is CC1=NC(=O)NC(=O)C1S(=O)(=O)N(CC(=O)O)c1ccc(C)cc1. The van der Waals surface area contributed by atoms with Crippen LogP contribution >= 0.6 is 0 Å². The van der Waals surface area contributed by atoms with Crippen LogP contribution in [0.25, 0.3) is 0 Å². The summed E-state index contributed by atoms with van der Waals surface area (Å²) in [7, 11) is -4.45. The number of carboxylic acids is 1. The predicted octanol–water partition coefficient (Wildman–Crippen LogP) is 0.295. The molecule has 1 aliphatic rings. The van der Waals surface area contributed by atoms with Gasteiger partial charge in [-0.3, -0.25) is 19.2 Å². The number of sulfonamides is 1. The van der Waals surface area contributed by atoms with E-state index in [1.54, 1.807) is 19.1 Å². The van der Waals surface area contributed by atoms with Crippen molar-refractivity contribution in [2.75, 3.05) is 10.8 Å². The number of urea groups is 1. The molecule has 0 saturated carbocycles. The third-order valence-electron chi connectivity index (χ3n) is 3.33. The Morgan fingerprint density at radius 3 is 2.33 bits per heavy atom. The van der Waals surface area contributed by atoms with Crippen LogP contribution in [-0.2, 0) is 19.6 Å². The number of carboxylic acid groups (broad SMARTS) is 1. The van der Waals surface area contributed by atoms with E-state index in [1.165, 1.54) is 19.1 Å². The van der Waals surface area contributed by atoms with Gasteiger partial charge in [0.15, 0.2) is 5.25 Å². The molecule has 0 aromatic heterocycles. The Bertz CT molecular complexity index is 829. The van der Waals surface area contributed by atoms with Crippen LogP contribution in [-0.4, -0.2) is 48.9 Å². The van der Waals surface area contributed by atoms with Crippen molar-refractivity contribution < 1.29 is 27.9 Å². The maximum absolute atomic E-state index is 12.8. The molecule has 10 heteroatoms. The number of aliphatic carboxylic acids is 1. The van der Waals surface area contributed by atoms with Gasteiger partial charge in [-0.2, -0.15) is 0 Å². The van der Waals surface area contributed by atoms with Gasteiger partial charge in [-0.05, 0) is 26.0 Å². The zero-order valence-electron chi connectivity index (χ0n) is 12.9. The molecule has 1 atom stereocenters. The molecule has 1 aromatic rings. The average molecular weight is 353 g/mol. The molecular weight excluding hydrogens is 338 g/mol. The van der Waals surface area contributed by atoms with Crippen molar-refractivity contribution in [2.24, 2.45) is 4.99 Å². The van der Waals surface area contributed by atoms with Gasteiger partial charge in [-0.25, -0.2) is 18.2 Å². The first kappa shape index (κ1) is 17.6. The number of aliphatic imine (C=N–C) groups is 1. The highest BCUT2D eigenvalue weighted by Gasteiger charge is 2.43. The Morgan fingerprint density at radius 2 is 1.83 bits per heavy atom. The first-order valence-electron chi connectivity index (χ1n) is 6.83. The number of benzene rings is 1. The summed E-state index contributed by atoms with van der Waals surface area (Å²) in [6.07, 6.45) is 0. The van der Waals surface area contributed by atoms with E-state index >= 15 is 0 Å². The maximum Gasteiger partial charge on any atom is 0.347 e. The molecule has 1 unspecified atom stereocenters. The van der Waals surface area contributed by atoms with Crippen LogP contribution in [0.4, 0.5) is 10.5 Å².